The highest BCUT2D eigenvalue weighted by atomic mass is 19.1. The second-order valence-corrected chi connectivity index (χ2v) is 6.94. The summed E-state index contributed by atoms with van der Waals surface area (Å²) in [6.07, 6.45) is 9.31. The summed E-state index contributed by atoms with van der Waals surface area (Å²) in [6.45, 7) is 4.48. The lowest BCUT2D eigenvalue weighted by Crippen LogP contribution is -2.12. The van der Waals surface area contributed by atoms with Crippen LogP contribution in [0.25, 0.3) is 11.3 Å². The molecule has 0 radical (unpaired) electrons. The molecule has 0 aliphatic carbocycles. The molecule has 0 N–H and O–H groups in total. The Morgan fingerprint density at radius 1 is 0.923 bits per heavy atom. The van der Waals surface area contributed by atoms with E-state index in [4.69, 9.17) is 4.74 Å². The number of benzene rings is 1. The van der Waals surface area contributed by atoms with Crippen LogP contribution in [-0.4, -0.2) is 17.8 Å². The van der Waals surface area contributed by atoms with Gasteiger partial charge in [0.2, 0.25) is 0 Å². The Balaban J connectivity index is 1.80. The maximum Gasteiger partial charge on any atom is 0.137 e. The number of unbranched alkanes of at least 4 members (excludes halogenated alkanes) is 4. The van der Waals surface area contributed by atoms with Crippen LogP contribution in [0.2, 0.25) is 0 Å². The Morgan fingerprint density at radius 2 is 1.69 bits per heavy atom. The van der Waals surface area contributed by atoms with Crippen LogP contribution in [0.5, 0.6) is 5.75 Å². The molecule has 0 fully saturated rings. The minimum absolute atomic E-state index is 0.110. The van der Waals surface area contributed by atoms with E-state index in [0.29, 0.717) is 12.2 Å². The Morgan fingerprint density at radius 3 is 2.35 bits per heavy atom. The van der Waals surface area contributed by atoms with Crippen molar-refractivity contribution in [3.05, 3.63) is 48.2 Å². The van der Waals surface area contributed by atoms with Gasteiger partial charge in [0, 0.05) is 5.56 Å². The van der Waals surface area contributed by atoms with E-state index in [9.17, 15) is 4.39 Å². The van der Waals surface area contributed by atoms with E-state index in [1.807, 2.05) is 12.1 Å². The van der Waals surface area contributed by atoms with Gasteiger partial charge in [-0.25, -0.2) is 4.39 Å². The molecule has 2 nitrogen and oxygen atoms in total. The van der Waals surface area contributed by atoms with E-state index >= 15 is 0 Å². The van der Waals surface area contributed by atoms with Gasteiger partial charge < -0.3 is 4.74 Å². The van der Waals surface area contributed by atoms with Crippen molar-refractivity contribution in [2.24, 2.45) is 0 Å². The molecular weight excluding hydrogens is 325 g/mol. The molecule has 2 aromatic rings. The fourth-order valence-electron chi connectivity index (χ4n) is 2.92. The first-order chi connectivity index (χ1) is 12.7. The van der Waals surface area contributed by atoms with E-state index in [1.165, 1.54) is 31.2 Å². The van der Waals surface area contributed by atoms with Gasteiger partial charge in [0.25, 0.3) is 0 Å². The molecule has 0 saturated heterocycles. The molecule has 0 aliphatic heterocycles. The zero-order chi connectivity index (χ0) is 18.6. The van der Waals surface area contributed by atoms with E-state index < -0.39 is 6.17 Å². The topological polar surface area (TPSA) is 22.1 Å². The third-order valence-electron chi connectivity index (χ3n) is 4.61. The molecule has 1 heterocycles. The fraction of sp³-hybridized carbons (Fsp3) is 0.522. The van der Waals surface area contributed by atoms with Gasteiger partial charge in [0.05, 0.1) is 11.9 Å². The Bertz CT molecular complexity index is 609. The van der Waals surface area contributed by atoms with E-state index in [2.05, 4.69) is 43.1 Å². The highest BCUT2D eigenvalue weighted by Crippen LogP contribution is 2.21. The second kappa shape index (κ2) is 11.7. The van der Waals surface area contributed by atoms with E-state index in [1.54, 1.807) is 6.20 Å². The molecule has 1 atom stereocenters. The van der Waals surface area contributed by atoms with Crippen LogP contribution in [0.15, 0.2) is 42.6 Å². The number of hydrogen-bond donors (Lipinski definition) is 0. The van der Waals surface area contributed by atoms with Gasteiger partial charge in [-0.15, -0.1) is 0 Å². The number of ether oxygens (including phenoxy) is 1. The molecule has 3 heteroatoms. The molecule has 0 spiro atoms. The Hall–Kier alpha value is -1.90. The Labute approximate surface area is 157 Å². The number of pyridine rings is 1. The van der Waals surface area contributed by atoms with Crippen molar-refractivity contribution in [1.82, 2.24) is 4.98 Å². The lowest BCUT2D eigenvalue weighted by molar-refractivity contribution is 0.183. The van der Waals surface area contributed by atoms with Gasteiger partial charge in [-0.3, -0.25) is 4.98 Å². The standard InChI is InChI=1S/C23H32FNO/c1-3-5-7-8-10-21(24)18-26-22-15-16-23(25-17-22)20-13-11-19(12-14-20)9-6-4-2/h11-17,21H,3-10,18H2,1-2H3. The van der Waals surface area contributed by atoms with Crippen molar-refractivity contribution in [1.29, 1.82) is 0 Å². The Kier molecular flexibility index (Phi) is 9.16. The van der Waals surface area contributed by atoms with E-state index in [0.717, 1.165) is 30.5 Å². The maximum atomic E-state index is 13.8. The summed E-state index contributed by atoms with van der Waals surface area (Å²) < 4.78 is 19.4. The molecule has 0 saturated carbocycles. The van der Waals surface area contributed by atoms with Crippen LogP contribution in [0.3, 0.4) is 0 Å². The largest absolute Gasteiger partial charge is 0.489 e. The average molecular weight is 358 g/mol. The maximum absolute atomic E-state index is 13.8. The number of rotatable bonds is 12. The third-order valence-corrected chi connectivity index (χ3v) is 4.61. The predicted octanol–water partition coefficient (Wildman–Crippen LogP) is 6.78. The van der Waals surface area contributed by atoms with Crippen molar-refractivity contribution in [3.8, 4) is 17.0 Å². The molecule has 1 aromatic carbocycles. The molecule has 142 valence electrons. The highest BCUT2D eigenvalue weighted by molar-refractivity contribution is 5.59. The first-order valence-electron chi connectivity index (χ1n) is 10.0. The van der Waals surface area contributed by atoms with E-state index in [-0.39, 0.29) is 6.61 Å². The van der Waals surface area contributed by atoms with Crippen molar-refractivity contribution >= 4 is 0 Å². The summed E-state index contributed by atoms with van der Waals surface area (Å²) in [5.41, 5.74) is 3.37. The van der Waals surface area contributed by atoms with Gasteiger partial charge in [0.1, 0.15) is 18.5 Å². The molecule has 1 unspecified atom stereocenters. The van der Waals surface area contributed by atoms with Crippen LogP contribution in [0, 0.1) is 0 Å². The quantitative estimate of drug-likeness (QED) is 0.391. The lowest BCUT2D eigenvalue weighted by atomic mass is 10.0. The smallest absolute Gasteiger partial charge is 0.137 e. The normalized spacial score (nSPS) is 12.1. The first kappa shape index (κ1) is 20.4. The number of hydrogen-bond acceptors (Lipinski definition) is 2. The van der Waals surface area contributed by atoms with Gasteiger partial charge in [-0.05, 0) is 37.0 Å². The number of halogens is 1. The zero-order valence-electron chi connectivity index (χ0n) is 16.2. The first-order valence-corrected chi connectivity index (χ1v) is 10.0. The van der Waals surface area contributed by atoms with Gasteiger partial charge in [-0.2, -0.15) is 0 Å². The van der Waals surface area contributed by atoms with Gasteiger partial charge in [0.15, 0.2) is 0 Å². The second-order valence-electron chi connectivity index (χ2n) is 6.94. The predicted molar refractivity (Wildman–Crippen MR) is 107 cm³/mol. The van der Waals surface area contributed by atoms with Crippen LogP contribution in [0.4, 0.5) is 4.39 Å². The number of aromatic nitrogens is 1. The summed E-state index contributed by atoms with van der Waals surface area (Å²) >= 11 is 0. The molecule has 2 rings (SSSR count). The van der Waals surface area contributed by atoms with Crippen molar-refractivity contribution in [2.45, 2.75) is 71.4 Å². The molecule has 0 amide bonds. The van der Waals surface area contributed by atoms with Crippen LogP contribution < -0.4 is 4.74 Å². The summed E-state index contributed by atoms with van der Waals surface area (Å²) in [5, 5.41) is 0. The van der Waals surface area contributed by atoms with Gasteiger partial charge in [-0.1, -0.05) is 70.2 Å². The van der Waals surface area contributed by atoms with Crippen LogP contribution >= 0.6 is 0 Å². The SMILES string of the molecule is CCCCCCC(F)COc1ccc(-c2ccc(CCCC)cc2)nc1. The van der Waals surface area contributed by atoms with Crippen molar-refractivity contribution < 1.29 is 9.13 Å². The molecule has 0 bridgehead atoms. The molecule has 1 aromatic heterocycles. The minimum Gasteiger partial charge on any atom is -0.489 e. The number of alkyl halides is 1. The summed E-state index contributed by atoms with van der Waals surface area (Å²) in [5.74, 6) is 0.629. The monoisotopic (exact) mass is 357 g/mol. The highest BCUT2D eigenvalue weighted by Gasteiger charge is 2.08. The van der Waals surface area contributed by atoms with Gasteiger partial charge >= 0.3 is 0 Å². The van der Waals surface area contributed by atoms with Crippen molar-refractivity contribution in [3.63, 3.8) is 0 Å². The number of aryl methyl sites for hydroxylation is 1. The summed E-state index contributed by atoms with van der Waals surface area (Å²) in [6, 6.07) is 12.4. The molecule has 26 heavy (non-hydrogen) atoms. The van der Waals surface area contributed by atoms with Crippen LogP contribution in [0.1, 0.15) is 64.4 Å². The van der Waals surface area contributed by atoms with Crippen LogP contribution in [-0.2, 0) is 6.42 Å². The summed E-state index contributed by atoms with van der Waals surface area (Å²) in [7, 11) is 0. The molecule has 0 aliphatic rings. The fourth-order valence-corrected chi connectivity index (χ4v) is 2.92. The zero-order valence-corrected chi connectivity index (χ0v) is 16.2. The molecular formula is C23H32FNO. The number of nitrogens with zero attached hydrogens (tertiary/aromatic N) is 1. The van der Waals surface area contributed by atoms with Crippen molar-refractivity contribution in [2.75, 3.05) is 6.61 Å². The third kappa shape index (κ3) is 7.15. The lowest BCUT2D eigenvalue weighted by Gasteiger charge is -2.10. The minimum atomic E-state index is -0.901. The summed E-state index contributed by atoms with van der Waals surface area (Å²) in [4.78, 5) is 4.46. The average Bonchev–Trinajstić information content (AvgIpc) is 2.69.